The van der Waals surface area contributed by atoms with Crippen LogP contribution in [-0.4, -0.2) is 56.6 Å². The molecule has 1 unspecified atom stereocenters. The van der Waals surface area contributed by atoms with E-state index in [1.54, 1.807) is 24.1 Å². The lowest BCUT2D eigenvalue weighted by atomic mass is 10.1. The number of halogens is 1. The highest BCUT2D eigenvalue weighted by molar-refractivity contribution is 6.00. The van der Waals surface area contributed by atoms with Crippen LogP contribution in [0.25, 0.3) is 16.9 Å². The number of piperazine rings is 1. The second kappa shape index (κ2) is 8.97. The number of aromatic nitrogens is 4. The molecule has 0 N–H and O–H groups in total. The van der Waals surface area contributed by atoms with Gasteiger partial charge in [-0.05, 0) is 24.6 Å². The van der Waals surface area contributed by atoms with Gasteiger partial charge in [-0.2, -0.15) is 5.10 Å². The predicted octanol–water partition coefficient (Wildman–Crippen LogP) is 4.17. The third-order valence-electron chi connectivity index (χ3n) is 6.02. The third-order valence-corrected chi connectivity index (χ3v) is 6.02. The summed E-state index contributed by atoms with van der Waals surface area (Å²) in [5.74, 6) is 0.772. The minimum absolute atomic E-state index is 0.138. The molecule has 1 amide bonds. The fourth-order valence-electron chi connectivity index (χ4n) is 4.18. The molecule has 168 valence electrons. The summed E-state index contributed by atoms with van der Waals surface area (Å²) in [6.45, 7) is 4.31. The summed E-state index contributed by atoms with van der Waals surface area (Å²) in [4.78, 5) is 26.5. The maximum atomic E-state index is 14.9. The number of pyridine rings is 1. The first-order chi connectivity index (χ1) is 16.2. The summed E-state index contributed by atoms with van der Waals surface area (Å²) in [5.41, 5.74) is 2.68. The van der Waals surface area contributed by atoms with E-state index in [2.05, 4.69) is 15.0 Å². The molecule has 33 heavy (non-hydrogen) atoms. The molecule has 0 aliphatic carbocycles. The molecule has 1 aliphatic heterocycles. The van der Waals surface area contributed by atoms with Gasteiger partial charge in [-0.15, -0.1) is 0 Å². The van der Waals surface area contributed by atoms with Crippen molar-refractivity contribution in [2.45, 2.75) is 19.5 Å². The van der Waals surface area contributed by atoms with Crippen molar-refractivity contribution in [3.05, 3.63) is 78.2 Å². The van der Waals surface area contributed by atoms with Crippen molar-refractivity contribution in [2.75, 3.05) is 31.1 Å². The van der Waals surface area contributed by atoms with E-state index >= 15 is 0 Å². The Morgan fingerprint density at radius 1 is 1.06 bits per heavy atom. The predicted molar refractivity (Wildman–Crippen MR) is 125 cm³/mol. The van der Waals surface area contributed by atoms with Crippen molar-refractivity contribution in [1.29, 1.82) is 0 Å². The second-order valence-electron chi connectivity index (χ2n) is 8.07. The molecular formula is C25H25FN6O. The molecule has 7 nitrogen and oxygen atoms in total. The summed E-state index contributed by atoms with van der Waals surface area (Å²) in [6.07, 6.45) is 2.39. The summed E-state index contributed by atoms with van der Waals surface area (Å²) < 4.78 is 16.3. The molecule has 0 saturated carbocycles. The number of hydrogen-bond donors (Lipinski definition) is 0. The number of fused-ring (bicyclic) bond motifs is 1. The molecular weight excluding hydrogens is 419 g/mol. The van der Waals surface area contributed by atoms with E-state index in [-0.39, 0.29) is 5.91 Å². The van der Waals surface area contributed by atoms with Gasteiger partial charge in [0.05, 0.1) is 17.6 Å². The summed E-state index contributed by atoms with van der Waals surface area (Å²) in [6, 6.07) is 17.2. The molecule has 5 rings (SSSR count). The Balaban J connectivity index is 1.46. The monoisotopic (exact) mass is 444 g/mol. The Kier molecular flexibility index (Phi) is 5.73. The smallest absolute Gasteiger partial charge is 0.259 e. The minimum Gasteiger partial charge on any atom is -0.353 e. The van der Waals surface area contributed by atoms with Crippen LogP contribution >= 0.6 is 0 Å². The Labute approximate surface area is 191 Å². The van der Waals surface area contributed by atoms with Gasteiger partial charge in [0, 0.05) is 37.9 Å². The first-order valence-corrected chi connectivity index (χ1v) is 11.2. The first-order valence-electron chi connectivity index (χ1n) is 11.2. The Hall–Kier alpha value is -3.81. The molecule has 1 saturated heterocycles. The maximum Gasteiger partial charge on any atom is 0.259 e. The molecule has 1 fully saturated rings. The van der Waals surface area contributed by atoms with Crippen molar-refractivity contribution in [2.24, 2.45) is 0 Å². The largest absolute Gasteiger partial charge is 0.353 e. The van der Waals surface area contributed by atoms with Gasteiger partial charge in [0.15, 0.2) is 5.65 Å². The van der Waals surface area contributed by atoms with Gasteiger partial charge in [-0.25, -0.2) is 18.9 Å². The molecule has 0 spiro atoms. The summed E-state index contributed by atoms with van der Waals surface area (Å²) in [7, 11) is 0. The number of amides is 1. The average molecular weight is 445 g/mol. The zero-order valence-corrected chi connectivity index (χ0v) is 18.4. The number of anilines is 1. The molecule has 0 radical (unpaired) electrons. The van der Waals surface area contributed by atoms with Crippen LogP contribution in [0.2, 0.25) is 0 Å². The number of carbonyl (C=O) groups excluding carboxylic acids is 1. The quantitative estimate of drug-likeness (QED) is 0.462. The molecule has 0 bridgehead atoms. The van der Waals surface area contributed by atoms with Crippen LogP contribution in [-0.2, 0) is 0 Å². The first kappa shape index (κ1) is 21.1. The number of hydrogen-bond acceptors (Lipinski definition) is 5. The van der Waals surface area contributed by atoms with Gasteiger partial charge in [0.25, 0.3) is 5.91 Å². The lowest BCUT2D eigenvalue weighted by Crippen LogP contribution is -2.49. The van der Waals surface area contributed by atoms with Crippen LogP contribution < -0.4 is 4.90 Å². The van der Waals surface area contributed by atoms with E-state index in [1.165, 1.54) is 10.7 Å². The summed E-state index contributed by atoms with van der Waals surface area (Å²) in [5, 5.41) is 4.35. The van der Waals surface area contributed by atoms with Crippen molar-refractivity contribution in [1.82, 2.24) is 24.5 Å². The molecule has 8 heteroatoms. The number of rotatable bonds is 5. The minimum atomic E-state index is -1.21. The van der Waals surface area contributed by atoms with Gasteiger partial charge >= 0.3 is 0 Å². The number of nitrogens with zero attached hydrogens (tertiary/aromatic N) is 6. The molecule has 1 aliphatic rings. The SMILES string of the molecule is CCC(F)c1cc(-c2ccccc2)nc2c(C(=O)N3CCN(c4ccccn4)CC3)cnn12. The van der Waals surface area contributed by atoms with Gasteiger partial charge in [0.1, 0.15) is 17.6 Å². The van der Waals surface area contributed by atoms with Gasteiger partial charge in [-0.1, -0.05) is 43.3 Å². The Morgan fingerprint density at radius 3 is 2.52 bits per heavy atom. The third kappa shape index (κ3) is 4.04. The van der Waals surface area contributed by atoms with E-state index in [9.17, 15) is 9.18 Å². The average Bonchev–Trinajstić information content (AvgIpc) is 3.32. The Bertz CT molecular complexity index is 1250. The highest BCUT2D eigenvalue weighted by atomic mass is 19.1. The molecule has 4 heterocycles. The Morgan fingerprint density at radius 2 is 1.82 bits per heavy atom. The van der Waals surface area contributed by atoms with Crippen LogP contribution in [0.4, 0.5) is 10.2 Å². The van der Waals surface area contributed by atoms with Gasteiger partial charge in [-0.3, -0.25) is 4.79 Å². The zero-order chi connectivity index (χ0) is 22.8. The van der Waals surface area contributed by atoms with E-state index < -0.39 is 6.17 Å². The van der Waals surface area contributed by atoms with Gasteiger partial charge in [0.2, 0.25) is 0 Å². The molecule has 1 atom stereocenters. The second-order valence-corrected chi connectivity index (χ2v) is 8.07. The van der Waals surface area contributed by atoms with Crippen molar-refractivity contribution in [3.63, 3.8) is 0 Å². The van der Waals surface area contributed by atoms with Crippen molar-refractivity contribution >= 4 is 17.4 Å². The van der Waals surface area contributed by atoms with Crippen LogP contribution in [0.15, 0.2) is 67.0 Å². The van der Waals surface area contributed by atoms with E-state index in [0.29, 0.717) is 55.2 Å². The van der Waals surface area contributed by atoms with Crippen molar-refractivity contribution < 1.29 is 9.18 Å². The lowest BCUT2D eigenvalue weighted by Gasteiger charge is -2.35. The van der Waals surface area contributed by atoms with Gasteiger partial charge < -0.3 is 9.80 Å². The maximum absolute atomic E-state index is 14.9. The topological polar surface area (TPSA) is 66.6 Å². The van der Waals surface area contributed by atoms with Crippen LogP contribution in [0.5, 0.6) is 0 Å². The molecule has 1 aromatic carbocycles. The van der Waals surface area contributed by atoms with E-state index in [1.807, 2.05) is 48.5 Å². The van der Waals surface area contributed by atoms with Crippen LogP contribution in [0.3, 0.4) is 0 Å². The summed E-state index contributed by atoms with van der Waals surface area (Å²) >= 11 is 0. The van der Waals surface area contributed by atoms with E-state index in [0.717, 1.165) is 11.4 Å². The highest BCUT2D eigenvalue weighted by Crippen LogP contribution is 2.28. The zero-order valence-electron chi connectivity index (χ0n) is 18.4. The van der Waals surface area contributed by atoms with Crippen molar-refractivity contribution in [3.8, 4) is 11.3 Å². The number of carbonyl (C=O) groups is 1. The lowest BCUT2D eigenvalue weighted by molar-refractivity contribution is 0.0748. The molecule has 3 aromatic heterocycles. The van der Waals surface area contributed by atoms with Crippen LogP contribution in [0, 0.1) is 0 Å². The fraction of sp³-hybridized carbons (Fsp3) is 0.280. The standard InChI is InChI=1S/C25H25FN6O/c1-2-20(26)22-16-21(18-8-4-3-5-9-18)29-24-19(17-28-32(22)24)25(33)31-14-12-30(13-15-31)23-10-6-7-11-27-23/h3-11,16-17,20H,2,12-15H2,1H3. The number of benzene rings is 1. The normalized spacial score (nSPS) is 15.1. The highest BCUT2D eigenvalue weighted by Gasteiger charge is 2.27. The van der Waals surface area contributed by atoms with Crippen LogP contribution in [0.1, 0.15) is 35.6 Å². The fourth-order valence-corrected chi connectivity index (χ4v) is 4.18. The molecule has 4 aromatic rings. The number of alkyl halides is 1. The van der Waals surface area contributed by atoms with E-state index in [4.69, 9.17) is 4.98 Å².